The molecule has 0 spiro atoms. The molecule has 4 aliphatic rings. The number of quaternary nitrogens is 2. The number of carbonyl (C=O) groups excluding carboxylic acids is 1. The van der Waals surface area contributed by atoms with Crippen LogP contribution in [0.3, 0.4) is 0 Å². The lowest BCUT2D eigenvalue weighted by molar-refractivity contribution is -0.368. The average molecular weight is 720 g/mol. The maximum atomic E-state index is 13.1. The zero-order valence-corrected chi connectivity index (χ0v) is 34.7. The first-order valence-electron chi connectivity index (χ1n) is 21.5. The fourth-order valence-electron chi connectivity index (χ4n) is 11.3. The molecule has 3 saturated carbocycles. The third kappa shape index (κ3) is 11.4. The van der Waals surface area contributed by atoms with Crippen LogP contribution in [0.25, 0.3) is 0 Å². The van der Waals surface area contributed by atoms with Gasteiger partial charge in [-0.2, -0.15) is 0 Å². The molecule has 0 unspecified atom stereocenters. The van der Waals surface area contributed by atoms with E-state index in [4.69, 9.17) is 0 Å². The van der Waals surface area contributed by atoms with Crippen molar-refractivity contribution in [3.63, 3.8) is 0 Å². The Hall–Kier alpha value is -0.170. The predicted octanol–water partition coefficient (Wildman–Crippen LogP) is 9.99. The third-order valence-corrected chi connectivity index (χ3v) is 17.3. The van der Waals surface area contributed by atoms with E-state index in [1.807, 2.05) is 5.57 Å². The Morgan fingerprint density at radius 2 is 1.57 bits per heavy atom. The Bertz CT molecular complexity index is 1000. The smallest absolute Gasteiger partial charge is 0.222 e. The molecule has 4 rings (SSSR count). The molecule has 3 fully saturated rings. The summed E-state index contributed by atoms with van der Waals surface area (Å²) >= 11 is 0. The normalized spacial score (nSPS) is 31.6. The lowest BCUT2D eigenvalue weighted by Gasteiger charge is -2.58. The number of unbranched alkanes of at least 4 members (excludes halogenated alkanes) is 6. The molecule has 8 atom stereocenters. The Balaban J connectivity index is 1.16. The van der Waals surface area contributed by atoms with E-state index in [9.17, 15) is 4.79 Å². The topological polar surface area (TPSA) is 75.6 Å². The van der Waals surface area contributed by atoms with E-state index in [0.717, 1.165) is 99.0 Å². The number of rotatable bonds is 23. The maximum Gasteiger partial charge on any atom is 0.222 e. The molecule has 4 nitrogen and oxygen atoms in total. The molecule has 1 amide bonds. The van der Waals surface area contributed by atoms with Gasteiger partial charge in [0.05, 0.1) is 13.1 Å². The average Bonchev–Trinajstić information content (AvgIpc) is 3.44. The van der Waals surface area contributed by atoms with Gasteiger partial charge in [-0.05, 0) is 130 Å². The molecule has 6 heteroatoms. The van der Waals surface area contributed by atoms with Crippen LogP contribution in [0.15, 0.2) is 11.6 Å². The van der Waals surface area contributed by atoms with Gasteiger partial charge in [0.2, 0.25) is 5.91 Å². The third-order valence-electron chi connectivity index (χ3n) is 14.3. The summed E-state index contributed by atoms with van der Waals surface area (Å²) in [5.74, 6) is 7.08. The number of allylic oxidation sites excluding steroid dienone is 2. The molecule has 0 aliphatic heterocycles. The van der Waals surface area contributed by atoms with Gasteiger partial charge in [0.25, 0.3) is 0 Å². The molecule has 0 saturated heterocycles. The summed E-state index contributed by atoms with van der Waals surface area (Å²) in [7, 11) is 4.27. The molecule has 284 valence electrons. The van der Waals surface area contributed by atoms with Gasteiger partial charge in [0.1, 0.15) is 0 Å². The zero-order chi connectivity index (χ0) is 35.3. The zero-order valence-electron chi connectivity index (χ0n) is 33.1. The van der Waals surface area contributed by atoms with Crippen molar-refractivity contribution in [3.8, 4) is 0 Å². The quantitative estimate of drug-likeness (QED) is 0.0627. The van der Waals surface area contributed by atoms with Crippen molar-refractivity contribution in [2.24, 2.45) is 46.3 Å². The Morgan fingerprint density at radius 1 is 0.837 bits per heavy atom. The van der Waals surface area contributed by atoms with E-state index in [-0.39, 0.29) is 0 Å². The number of hydrogen-bond donors (Lipinski definition) is 2. The Kier molecular flexibility index (Phi) is 17.7. The molecule has 4 aliphatic carbocycles. The molecule has 0 aromatic carbocycles. The summed E-state index contributed by atoms with van der Waals surface area (Å²) in [6.07, 6.45) is 30.0. The van der Waals surface area contributed by atoms with Gasteiger partial charge in [-0.3, -0.25) is 4.79 Å². The highest BCUT2D eigenvalue weighted by atomic mass is 33.1. The lowest BCUT2D eigenvalue weighted by atomic mass is 9.47. The first-order valence-corrected chi connectivity index (χ1v) is 23.9. The van der Waals surface area contributed by atoms with Gasteiger partial charge < -0.3 is 16.4 Å². The van der Waals surface area contributed by atoms with Crippen LogP contribution in [0.1, 0.15) is 169 Å². The summed E-state index contributed by atoms with van der Waals surface area (Å²) in [5.41, 5.74) is 10.8. The van der Waals surface area contributed by atoms with Gasteiger partial charge in [0.15, 0.2) is 0 Å². The second-order valence-corrected chi connectivity index (χ2v) is 20.9. The number of carbonyl (C=O) groups is 1. The van der Waals surface area contributed by atoms with Gasteiger partial charge in [-0.1, -0.05) is 106 Å². The van der Waals surface area contributed by atoms with Crippen LogP contribution in [0, 0.1) is 46.3 Å². The fraction of sp³-hybridized carbons (Fsp3) is 0.930. The summed E-state index contributed by atoms with van der Waals surface area (Å²) < 4.78 is 0. The van der Waals surface area contributed by atoms with Crippen LogP contribution in [0.5, 0.6) is 0 Å². The highest BCUT2D eigenvalue weighted by Crippen LogP contribution is 2.67. The molecule has 0 aromatic heterocycles. The van der Waals surface area contributed by atoms with Crippen molar-refractivity contribution in [2.45, 2.75) is 175 Å². The van der Waals surface area contributed by atoms with Crippen LogP contribution in [0.2, 0.25) is 0 Å². The van der Waals surface area contributed by atoms with E-state index in [0.29, 0.717) is 16.7 Å². The van der Waals surface area contributed by atoms with E-state index >= 15 is 0 Å². The van der Waals surface area contributed by atoms with Crippen molar-refractivity contribution in [1.82, 2.24) is 4.90 Å². The summed E-state index contributed by atoms with van der Waals surface area (Å²) in [6, 6.07) is 0. The summed E-state index contributed by atoms with van der Waals surface area (Å²) in [5, 5.41) is 0.774. The van der Waals surface area contributed by atoms with E-state index in [2.05, 4.69) is 78.6 Å². The lowest BCUT2D eigenvalue weighted by Crippen LogP contribution is -2.51. The number of hydrogen-bond acceptors (Lipinski definition) is 3. The fourth-order valence-corrected chi connectivity index (χ4v) is 14.1. The van der Waals surface area contributed by atoms with Crippen LogP contribution < -0.4 is 11.5 Å². The molecular formula is C43H81N3OS2+2. The van der Waals surface area contributed by atoms with Crippen molar-refractivity contribution in [2.75, 3.05) is 31.9 Å². The van der Waals surface area contributed by atoms with E-state index in [1.165, 1.54) is 108 Å². The Morgan fingerprint density at radius 3 is 2.33 bits per heavy atom. The molecule has 0 heterocycles. The van der Waals surface area contributed by atoms with Crippen molar-refractivity contribution >= 4 is 27.5 Å². The highest BCUT2D eigenvalue weighted by Gasteiger charge is 2.59. The van der Waals surface area contributed by atoms with Gasteiger partial charge in [-0.25, -0.2) is 0 Å². The molecular weight excluding hydrogens is 639 g/mol. The van der Waals surface area contributed by atoms with Crippen molar-refractivity contribution in [3.05, 3.63) is 11.6 Å². The first kappa shape index (κ1) is 41.6. The van der Waals surface area contributed by atoms with Crippen molar-refractivity contribution in [1.29, 1.82) is 0 Å². The minimum absolute atomic E-state index is 0.379. The number of amides is 1. The second kappa shape index (κ2) is 20.9. The van der Waals surface area contributed by atoms with E-state index < -0.39 is 0 Å². The molecule has 49 heavy (non-hydrogen) atoms. The summed E-state index contributed by atoms with van der Waals surface area (Å²) in [6.45, 7) is 16.6. The van der Waals surface area contributed by atoms with Crippen LogP contribution in [0.4, 0.5) is 0 Å². The monoisotopic (exact) mass is 720 g/mol. The van der Waals surface area contributed by atoms with Gasteiger partial charge in [0, 0.05) is 36.9 Å². The van der Waals surface area contributed by atoms with Crippen LogP contribution >= 0.6 is 21.6 Å². The van der Waals surface area contributed by atoms with E-state index in [1.54, 1.807) is 0 Å². The minimum atomic E-state index is 0.379. The van der Waals surface area contributed by atoms with Crippen molar-refractivity contribution < 1.29 is 16.3 Å². The number of nitrogens with zero attached hydrogens (tertiary/aromatic N) is 1. The largest absolute Gasteiger partial charge is 0.358 e. The number of fused-ring (bicyclic) bond motifs is 5. The van der Waals surface area contributed by atoms with Crippen LogP contribution in [-0.2, 0) is 4.79 Å². The molecule has 6 N–H and O–H groups in total. The maximum absolute atomic E-state index is 13.1. The summed E-state index contributed by atoms with van der Waals surface area (Å²) in [4.78, 5) is 15.2. The highest BCUT2D eigenvalue weighted by molar-refractivity contribution is 8.76. The standard InChI is InChI=1S/C43H79N3OS2/c1-33(2)16-14-17-34(3)38-21-22-39-37-20-19-35-32-36(23-25-42(35,4)40(37)24-26-43(38,39)5)49-48-31-13-10-18-41(47)46(30-15-28-45)29-12-9-7-6-8-11-27-44/h19,33-34,36-40H,6-18,20-32,44-45H2,1-5H3/p+2/t34-,36+,37+,38-,39+,40+,42+,43-/m1/s1. The van der Waals surface area contributed by atoms with Crippen LogP contribution in [-0.4, -0.2) is 48.0 Å². The first-order chi connectivity index (χ1) is 23.6. The molecule has 0 bridgehead atoms. The van der Waals surface area contributed by atoms with Gasteiger partial charge in [-0.15, -0.1) is 0 Å². The Labute approximate surface area is 312 Å². The SMILES string of the molecule is CC(C)CCC[C@@H](C)[C@H]1CC[C@H]2[C@@H]3CC=C4C[C@@H](SSCCCCC(=O)N(CCC[NH3+])CCCCCCCC[NH3+])CC[C@]4(C)[C@H]3CC[C@]12C. The second-order valence-electron chi connectivity index (χ2n) is 18.1. The molecule has 0 aromatic rings. The van der Waals surface area contributed by atoms with Gasteiger partial charge >= 0.3 is 0 Å². The minimum Gasteiger partial charge on any atom is -0.358 e. The predicted molar refractivity (Wildman–Crippen MR) is 215 cm³/mol. The molecule has 0 radical (unpaired) electrons.